The zero-order chi connectivity index (χ0) is 22.7. The van der Waals surface area contributed by atoms with Gasteiger partial charge in [0.05, 0.1) is 4.90 Å². The fraction of sp³-hybridized carbons (Fsp3) is 0.391. The second-order valence-corrected chi connectivity index (χ2v) is 11.2. The molecule has 2 N–H and O–H groups in total. The number of sulfonamides is 1. The third-order valence-corrected chi connectivity index (χ3v) is 7.88. The number of carbonyl (C=O) groups is 1. The van der Waals surface area contributed by atoms with Crippen molar-refractivity contribution in [1.29, 1.82) is 0 Å². The number of hydrogen-bond acceptors (Lipinski definition) is 6. The van der Waals surface area contributed by atoms with E-state index in [9.17, 15) is 13.2 Å². The van der Waals surface area contributed by atoms with Crippen LogP contribution in [0.15, 0.2) is 58.4 Å². The highest BCUT2D eigenvalue weighted by Crippen LogP contribution is 2.24. The van der Waals surface area contributed by atoms with Gasteiger partial charge in [0, 0.05) is 42.4 Å². The number of nitrogens with zero attached hydrogens (tertiary/aromatic N) is 2. The van der Waals surface area contributed by atoms with Crippen molar-refractivity contribution in [1.82, 2.24) is 9.62 Å². The zero-order valence-electron chi connectivity index (χ0n) is 18.2. The number of carbonyl (C=O) groups excluding carboxylic acids is 1. The molecule has 9 heteroatoms. The molecule has 170 valence electrons. The summed E-state index contributed by atoms with van der Waals surface area (Å²) < 4.78 is 27.2. The lowest BCUT2D eigenvalue weighted by Crippen LogP contribution is -2.34. The minimum Gasteiger partial charge on any atom is -0.324 e. The van der Waals surface area contributed by atoms with Gasteiger partial charge in [0.25, 0.3) is 10.0 Å². The number of thioether (sulfide) groups is 1. The monoisotopic (exact) mass is 472 g/mol. The summed E-state index contributed by atoms with van der Waals surface area (Å²) in [5, 5.41) is 2.97. The summed E-state index contributed by atoms with van der Waals surface area (Å²) in [6.07, 6.45) is 0. The zero-order valence-corrected chi connectivity index (χ0v) is 19.9. The lowest BCUT2D eigenvalue weighted by atomic mass is 10.0. The maximum Gasteiger partial charge on any atom is 0.263 e. The predicted molar refractivity (Wildman–Crippen MR) is 130 cm³/mol. The fourth-order valence-electron chi connectivity index (χ4n) is 3.86. The Labute approximate surface area is 193 Å². The van der Waals surface area contributed by atoms with Gasteiger partial charge in [-0.1, -0.05) is 38.1 Å². The average molecular weight is 473 g/mol. The van der Waals surface area contributed by atoms with Crippen LogP contribution in [0.3, 0.4) is 0 Å². The molecule has 0 aliphatic carbocycles. The third-order valence-electron chi connectivity index (χ3n) is 5.54. The molecule has 2 aromatic rings. The Bertz CT molecular complexity index is 1130. The summed E-state index contributed by atoms with van der Waals surface area (Å²) in [7, 11) is -3.65. The molecule has 1 atom stereocenters. The van der Waals surface area contributed by atoms with Gasteiger partial charge in [-0.15, -0.1) is 0 Å². The Morgan fingerprint density at radius 2 is 1.91 bits per heavy atom. The van der Waals surface area contributed by atoms with Crippen LogP contribution < -0.4 is 10.0 Å². The van der Waals surface area contributed by atoms with E-state index in [2.05, 4.69) is 26.0 Å². The first-order chi connectivity index (χ1) is 15.3. The van der Waals surface area contributed by atoms with Crippen LogP contribution >= 0.6 is 11.8 Å². The molecule has 0 radical (unpaired) electrons. The summed E-state index contributed by atoms with van der Waals surface area (Å²) in [4.78, 5) is 20.2. The van der Waals surface area contributed by atoms with Crippen LogP contribution in [-0.2, 0) is 21.4 Å². The number of nitrogens with one attached hydrogen (secondary N) is 2. The van der Waals surface area contributed by atoms with Crippen LogP contribution in [-0.4, -0.2) is 55.7 Å². The van der Waals surface area contributed by atoms with Gasteiger partial charge in [-0.2, -0.15) is 11.8 Å². The van der Waals surface area contributed by atoms with Gasteiger partial charge >= 0.3 is 0 Å². The Hall–Kier alpha value is -2.36. The normalized spacial score (nSPS) is 20.0. The maximum absolute atomic E-state index is 13.1. The molecular formula is C23H28N4O3S2. The molecule has 1 saturated heterocycles. The third kappa shape index (κ3) is 5.16. The number of anilines is 1. The quantitative estimate of drug-likeness (QED) is 0.675. The minimum atomic E-state index is -3.65. The number of hydrogen-bond donors (Lipinski definition) is 2. The van der Waals surface area contributed by atoms with Gasteiger partial charge < -0.3 is 5.32 Å². The van der Waals surface area contributed by atoms with Crippen LogP contribution in [0.25, 0.3) is 0 Å². The molecule has 0 bridgehead atoms. The average Bonchev–Trinajstić information content (AvgIpc) is 3.03. The molecule has 4 rings (SSSR count). The Morgan fingerprint density at radius 3 is 2.66 bits per heavy atom. The molecule has 2 aliphatic heterocycles. The highest BCUT2D eigenvalue weighted by Gasteiger charge is 2.32. The van der Waals surface area contributed by atoms with Crippen molar-refractivity contribution in [3.63, 3.8) is 0 Å². The van der Waals surface area contributed by atoms with Crippen LogP contribution in [0.1, 0.15) is 25.0 Å². The van der Waals surface area contributed by atoms with Gasteiger partial charge in [-0.05, 0) is 35.7 Å². The van der Waals surface area contributed by atoms with E-state index in [0.29, 0.717) is 5.56 Å². The lowest BCUT2D eigenvalue weighted by Gasteiger charge is -2.26. The lowest BCUT2D eigenvalue weighted by molar-refractivity contribution is -0.118. The summed E-state index contributed by atoms with van der Waals surface area (Å²) in [6, 6.07) is 13.8. The Balaban J connectivity index is 1.51. The Morgan fingerprint density at radius 1 is 1.16 bits per heavy atom. The molecule has 7 nitrogen and oxygen atoms in total. The highest BCUT2D eigenvalue weighted by molar-refractivity contribution is 7.99. The van der Waals surface area contributed by atoms with E-state index in [1.54, 1.807) is 18.2 Å². The SMILES string of the molecule is CC(C)[C@H](N=C1NS(=O)(=O)c2ccccc21)C(=O)Nc1cccc(CN2CCSCC2)c1. The molecule has 1 amide bonds. The topological polar surface area (TPSA) is 90.9 Å². The first-order valence-electron chi connectivity index (χ1n) is 10.7. The number of fused-ring (bicyclic) bond motifs is 1. The summed E-state index contributed by atoms with van der Waals surface area (Å²) in [6.45, 7) is 6.80. The van der Waals surface area contributed by atoms with E-state index in [-0.39, 0.29) is 22.6 Å². The van der Waals surface area contributed by atoms with E-state index in [1.807, 2.05) is 43.8 Å². The molecule has 2 aliphatic rings. The van der Waals surface area contributed by atoms with Gasteiger partial charge in [-0.25, -0.2) is 8.42 Å². The van der Waals surface area contributed by atoms with Crippen molar-refractivity contribution in [2.24, 2.45) is 10.9 Å². The largest absolute Gasteiger partial charge is 0.324 e. The van der Waals surface area contributed by atoms with Crippen molar-refractivity contribution in [3.05, 3.63) is 59.7 Å². The fourth-order valence-corrected chi connectivity index (χ4v) is 6.08. The molecule has 0 spiro atoms. The molecule has 2 aromatic carbocycles. The second kappa shape index (κ2) is 9.64. The smallest absolute Gasteiger partial charge is 0.263 e. The van der Waals surface area contributed by atoms with Gasteiger partial charge in [0.2, 0.25) is 5.91 Å². The molecule has 0 saturated carbocycles. The van der Waals surface area contributed by atoms with Crippen molar-refractivity contribution in [2.75, 3.05) is 29.9 Å². The van der Waals surface area contributed by atoms with Crippen molar-refractivity contribution in [3.8, 4) is 0 Å². The van der Waals surface area contributed by atoms with Crippen LogP contribution in [0.2, 0.25) is 0 Å². The van der Waals surface area contributed by atoms with Crippen molar-refractivity contribution in [2.45, 2.75) is 31.3 Å². The molecule has 32 heavy (non-hydrogen) atoms. The number of benzene rings is 2. The van der Waals surface area contributed by atoms with Crippen LogP contribution in [0, 0.1) is 5.92 Å². The van der Waals surface area contributed by atoms with Crippen molar-refractivity contribution < 1.29 is 13.2 Å². The molecule has 0 aromatic heterocycles. The number of rotatable bonds is 6. The summed E-state index contributed by atoms with van der Waals surface area (Å²) in [5.41, 5.74) is 2.37. The predicted octanol–water partition coefficient (Wildman–Crippen LogP) is 2.94. The first kappa shape index (κ1) is 22.8. The number of amides is 1. The van der Waals surface area contributed by atoms with E-state index in [0.717, 1.165) is 42.4 Å². The standard InChI is InChI=1S/C23H28N4O3S2/c1-16(2)21(25-22-19-8-3-4-9-20(19)32(29,30)26-22)23(28)24-18-7-5-6-17(14-18)15-27-10-12-31-13-11-27/h3-9,14,16,21H,10-13,15H2,1-2H3,(H,24,28)(H,25,26)/t21-/m0/s1. The highest BCUT2D eigenvalue weighted by atomic mass is 32.2. The molecule has 0 unspecified atom stereocenters. The molecular weight excluding hydrogens is 444 g/mol. The summed E-state index contributed by atoms with van der Waals surface area (Å²) >= 11 is 1.98. The van der Waals surface area contributed by atoms with E-state index < -0.39 is 16.1 Å². The van der Waals surface area contributed by atoms with E-state index >= 15 is 0 Å². The number of amidine groups is 1. The van der Waals surface area contributed by atoms with Crippen LogP contribution in [0.4, 0.5) is 5.69 Å². The van der Waals surface area contributed by atoms with Gasteiger partial charge in [-0.3, -0.25) is 19.4 Å². The second-order valence-electron chi connectivity index (χ2n) is 8.35. The van der Waals surface area contributed by atoms with Crippen LogP contribution in [0.5, 0.6) is 0 Å². The number of aliphatic imine (C=N–C) groups is 1. The Kier molecular flexibility index (Phi) is 6.88. The summed E-state index contributed by atoms with van der Waals surface area (Å²) in [5.74, 6) is 2.14. The van der Waals surface area contributed by atoms with Crippen molar-refractivity contribution >= 4 is 39.2 Å². The maximum atomic E-state index is 13.1. The molecule has 2 heterocycles. The minimum absolute atomic E-state index is 0.117. The van der Waals surface area contributed by atoms with Gasteiger partial charge in [0.1, 0.15) is 11.9 Å². The van der Waals surface area contributed by atoms with Gasteiger partial charge in [0.15, 0.2) is 0 Å². The van der Waals surface area contributed by atoms with E-state index in [4.69, 9.17) is 0 Å². The first-order valence-corrected chi connectivity index (χ1v) is 13.4. The molecule has 1 fully saturated rings. The van der Waals surface area contributed by atoms with E-state index in [1.165, 1.54) is 6.07 Å².